The minimum Gasteiger partial charge on any atom is -0.493 e. The number of likely N-dealkylation sites (N-methyl/N-ethyl adjacent to an activating group) is 1. The number of methoxy groups -OCH3 is 2. The van der Waals surface area contributed by atoms with Crippen LogP contribution >= 0.6 is 0 Å². The van der Waals surface area contributed by atoms with Crippen molar-refractivity contribution in [1.29, 1.82) is 0 Å². The first kappa shape index (κ1) is 24.3. The molecule has 0 radical (unpaired) electrons. The molecule has 7 nitrogen and oxygen atoms in total. The molecule has 0 aliphatic heterocycles. The van der Waals surface area contributed by atoms with Gasteiger partial charge in [0.25, 0.3) is 0 Å². The number of nitrogens with one attached hydrogen (secondary N) is 1. The molecule has 0 fully saturated rings. The molecule has 174 valence electrons. The minimum atomic E-state index is -3.93. The van der Waals surface area contributed by atoms with Gasteiger partial charge in [0.2, 0.25) is 15.9 Å². The zero-order valence-corrected chi connectivity index (χ0v) is 19.9. The highest BCUT2D eigenvalue weighted by Gasteiger charge is 2.26. The molecule has 0 spiro atoms. The molecule has 0 aliphatic rings. The summed E-state index contributed by atoms with van der Waals surface area (Å²) in [4.78, 5) is 12.9. The van der Waals surface area contributed by atoms with E-state index in [0.717, 1.165) is 21.0 Å². The lowest BCUT2D eigenvalue weighted by Crippen LogP contribution is -2.40. The number of carbonyl (C=O) groups excluding carboxylic acids is 1. The van der Waals surface area contributed by atoms with Gasteiger partial charge in [-0.1, -0.05) is 60.2 Å². The van der Waals surface area contributed by atoms with E-state index in [9.17, 15) is 13.2 Å². The summed E-state index contributed by atoms with van der Waals surface area (Å²) in [5.74, 6) is 0.289. The van der Waals surface area contributed by atoms with Gasteiger partial charge in [-0.25, -0.2) is 8.42 Å². The number of sulfonamides is 1. The van der Waals surface area contributed by atoms with Gasteiger partial charge in [-0.15, -0.1) is 0 Å². The van der Waals surface area contributed by atoms with Crippen molar-refractivity contribution in [3.63, 3.8) is 0 Å². The lowest BCUT2D eigenvalue weighted by Gasteiger charge is -2.23. The molecule has 1 atom stereocenters. The Bertz CT molecular complexity index is 1210. The maximum absolute atomic E-state index is 13.1. The molecule has 0 aliphatic carbocycles. The molecular weight excluding hydrogens is 440 g/mol. The van der Waals surface area contributed by atoms with Crippen LogP contribution in [0.3, 0.4) is 0 Å². The molecule has 0 bridgehead atoms. The molecule has 0 saturated carbocycles. The number of rotatable bonds is 9. The minimum absolute atomic E-state index is 0.00810. The van der Waals surface area contributed by atoms with Crippen molar-refractivity contribution < 1.29 is 22.7 Å². The monoisotopic (exact) mass is 468 g/mol. The van der Waals surface area contributed by atoms with Crippen LogP contribution in [0.1, 0.15) is 22.7 Å². The van der Waals surface area contributed by atoms with Crippen LogP contribution in [-0.4, -0.2) is 46.4 Å². The van der Waals surface area contributed by atoms with E-state index >= 15 is 0 Å². The smallest absolute Gasteiger partial charge is 0.243 e. The van der Waals surface area contributed by atoms with E-state index in [1.807, 2.05) is 61.5 Å². The number of carbonyl (C=O) groups is 1. The highest BCUT2D eigenvalue weighted by Crippen LogP contribution is 2.30. The number of amides is 1. The maximum atomic E-state index is 13.1. The molecular formula is C25H28N2O5S. The number of aryl methyl sites for hydroxylation is 1. The molecule has 3 aromatic carbocycles. The predicted molar refractivity (Wildman–Crippen MR) is 127 cm³/mol. The van der Waals surface area contributed by atoms with Crippen molar-refractivity contribution in [2.45, 2.75) is 17.9 Å². The molecule has 0 unspecified atom stereocenters. The first-order valence-corrected chi connectivity index (χ1v) is 11.8. The summed E-state index contributed by atoms with van der Waals surface area (Å²) < 4.78 is 37.5. The fraction of sp³-hybridized carbons (Fsp3) is 0.240. The predicted octanol–water partition coefficient (Wildman–Crippen LogP) is 3.54. The van der Waals surface area contributed by atoms with E-state index in [0.29, 0.717) is 11.5 Å². The van der Waals surface area contributed by atoms with E-state index in [1.165, 1.54) is 39.5 Å². The van der Waals surface area contributed by atoms with Crippen LogP contribution in [0.2, 0.25) is 0 Å². The van der Waals surface area contributed by atoms with Crippen molar-refractivity contribution in [1.82, 2.24) is 9.62 Å². The maximum Gasteiger partial charge on any atom is 0.243 e. The average Bonchev–Trinajstić information content (AvgIpc) is 2.82. The molecule has 33 heavy (non-hydrogen) atoms. The lowest BCUT2D eigenvalue weighted by molar-refractivity contribution is -0.121. The van der Waals surface area contributed by atoms with E-state index < -0.39 is 22.0 Å². The molecule has 3 aromatic rings. The summed E-state index contributed by atoms with van der Waals surface area (Å²) in [6.07, 6.45) is 0. The number of nitrogens with zero attached hydrogens (tertiary/aromatic N) is 1. The second-order valence-corrected chi connectivity index (χ2v) is 9.65. The van der Waals surface area contributed by atoms with Crippen molar-refractivity contribution in [3.05, 3.63) is 89.5 Å². The van der Waals surface area contributed by atoms with Gasteiger partial charge in [-0.3, -0.25) is 4.79 Å². The molecule has 1 N–H and O–H groups in total. The van der Waals surface area contributed by atoms with Crippen LogP contribution in [0.4, 0.5) is 0 Å². The summed E-state index contributed by atoms with van der Waals surface area (Å²) in [6, 6.07) is 21.3. The Morgan fingerprint density at radius 1 is 0.909 bits per heavy atom. The van der Waals surface area contributed by atoms with Crippen LogP contribution in [0, 0.1) is 6.92 Å². The second-order valence-electron chi connectivity index (χ2n) is 7.60. The fourth-order valence-electron chi connectivity index (χ4n) is 3.51. The van der Waals surface area contributed by atoms with Crippen LogP contribution in [0.5, 0.6) is 11.5 Å². The Morgan fingerprint density at radius 3 is 2.21 bits per heavy atom. The molecule has 8 heteroatoms. The van der Waals surface area contributed by atoms with Crippen molar-refractivity contribution in [3.8, 4) is 11.5 Å². The van der Waals surface area contributed by atoms with E-state index in [-0.39, 0.29) is 11.4 Å². The summed E-state index contributed by atoms with van der Waals surface area (Å²) in [7, 11) is 0.347. The first-order chi connectivity index (χ1) is 15.8. The van der Waals surface area contributed by atoms with Gasteiger partial charge in [0.05, 0.1) is 31.7 Å². The van der Waals surface area contributed by atoms with Gasteiger partial charge in [0.15, 0.2) is 11.5 Å². The van der Waals surface area contributed by atoms with Crippen LogP contribution in [-0.2, 0) is 14.8 Å². The highest BCUT2D eigenvalue weighted by molar-refractivity contribution is 7.89. The SMILES string of the molecule is COc1ccc(S(=O)(=O)N(C)CC(=O)N[C@@H](c2ccccc2)c2cccc(C)c2)cc1OC. The van der Waals surface area contributed by atoms with Gasteiger partial charge in [-0.05, 0) is 30.2 Å². The number of hydrogen-bond acceptors (Lipinski definition) is 5. The van der Waals surface area contributed by atoms with Gasteiger partial charge < -0.3 is 14.8 Å². The third kappa shape index (κ3) is 5.71. The first-order valence-electron chi connectivity index (χ1n) is 10.4. The van der Waals surface area contributed by atoms with Gasteiger partial charge in [0, 0.05) is 13.1 Å². The Labute approximate surface area is 195 Å². The Hall–Kier alpha value is -3.36. The summed E-state index contributed by atoms with van der Waals surface area (Å²) in [5.41, 5.74) is 2.89. The normalized spacial score (nSPS) is 12.3. The molecule has 0 heterocycles. The quantitative estimate of drug-likeness (QED) is 0.519. The Balaban J connectivity index is 1.81. The van der Waals surface area contributed by atoms with E-state index in [1.54, 1.807) is 0 Å². The standard InChI is InChI=1S/C25H28N2O5S/c1-18-9-8-12-20(15-18)25(19-10-6-5-7-11-19)26-24(28)17-27(2)33(29,30)21-13-14-22(31-3)23(16-21)32-4/h5-16,25H,17H2,1-4H3,(H,26,28)/t25-/m0/s1. The molecule has 0 aromatic heterocycles. The summed E-state index contributed by atoms with van der Waals surface area (Å²) >= 11 is 0. The van der Waals surface area contributed by atoms with Gasteiger partial charge in [0.1, 0.15) is 0 Å². The third-order valence-electron chi connectivity index (χ3n) is 5.24. The number of hydrogen-bond donors (Lipinski definition) is 1. The number of benzene rings is 3. The van der Waals surface area contributed by atoms with E-state index in [2.05, 4.69) is 5.32 Å². The molecule has 0 saturated heterocycles. The van der Waals surface area contributed by atoms with Gasteiger partial charge in [-0.2, -0.15) is 4.31 Å². The van der Waals surface area contributed by atoms with Crippen LogP contribution in [0.25, 0.3) is 0 Å². The largest absolute Gasteiger partial charge is 0.493 e. The molecule has 3 rings (SSSR count). The Morgan fingerprint density at radius 2 is 1.58 bits per heavy atom. The second kappa shape index (κ2) is 10.5. The van der Waals surface area contributed by atoms with Crippen molar-refractivity contribution >= 4 is 15.9 Å². The van der Waals surface area contributed by atoms with Crippen molar-refractivity contribution in [2.75, 3.05) is 27.8 Å². The topological polar surface area (TPSA) is 84.9 Å². The summed E-state index contributed by atoms with van der Waals surface area (Å²) in [6.45, 7) is 1.64. The Kier molecular flexibility index (Phi) is 7.73. The third-order valence-corrected chi connectivity index (χ3v) is 7.04. The highest BCUT2D eigenvalue weighted by atomic mass is 32.2. The van der Waals surface area contributed by atoms with Gasteiger partial charge >= 0.3 is 0 Å². The van der Waals surface area contributed by atoms with Crippen molar-refractivity contribution in [2.24, 2.45) is 0 Å². The number of ether oxygens (including phenoxy) is 2. The average molecular weight is 469 g/mol. The van der Waals surface area contributed by atoms with Crippen LogP contribution in [0.15, 0.2) is 77.7 Å². The van der Waals surface area contributed by atoms with E-state index in [4.69, 9.17) is 9.47 Å². The van der Waals surface area contributed by atoms with Crippen LogP contribution < -0.4 is 14.8 Å². The molecule has 1 amide bonds. The fourth-order valence-corrected chi connectivity index (χ4v) is 4.65. The lowest BCUT2D eigenvalue weighted by atomic mass is 9.97. The zero-order chi connectivity index (χ0) is 24.0. The summed E-state index contributed by atoms with van der Waals surface area (Å²) in [5, 5.41) is 2.98. The zero-order valence-electron chi connectivity index (χ0n) is 19.1.